The van der Waals surface area contributed by atoms with E-state index in [-0.39, 0.29) is 11.8 Å². The van der Waals surface area contributed by atoms with Crippen molar-refractivity contribution in [3.05, 3.63) is 66.5 Å². The number of aromatic nitrogens is 3. The molecule has 1 aliphatic heterocycles. The molecule has 29 heavy (non-hydrogen) atoms. The molecule has 0 radical (unpaired) electrons. The minimum atomic E-state index is 0.0352. The molecule has 0 aliphatic carbocycles. The van der Waals surface area contributed by atoms with E-state index in [0.29, 0.717) is 5.13 Å². The molecule has 1 fully saturated rings. The van der Waals surface area contributed by atoms with Gasteiger partial charge in [0.15, 0.2) is 5.13 Å². The van der Waals surface area contributed by atoms with Gasteiger partial charge in [-0.3, -0.25) is 9.48 Å². The predicted molar refractivity (Wildman–Crippen MR) is 116 cm³/mol. The van der Waals surface area contributed by atoms with Crippen LogP contribution in [0.3, 0.4) is 0 Å². The van der Waals surface area contributed by atoms with Gasteiger partial charge in [0.1, 0.15) is 0 Å². The minimum Gasteiger partial charge on any atom is -0.316 e. The lowest BCUT2D eigenvalue weighted by Gasteiger charge is -2.06. The largest absolute Gasteiger partial charge is 0.316 e. The van der Waals surface area contributed by atoms with Gasteiger partial charge in [0.05, 0.1) is 28.9 Å². The van der Waals surface area contributed by atoms with Gasteiger partial charge in [-0.2, -0.15) is 5.10 Å². The van der Waals surface area contributed by atoms with Crippen molar-refractivity contribution in [2.45, 2.75) is 13.0 Å². The second-order valence-electron chi connectivity index (χ2n) is 7.29. The van der Waals surface area contributed by atoms with E-state index in [1.54, 1.807) is 0 Å². The van der Waals surface area contributed by atoms with Crippen molar-refractivity contribution in [3.63, 3.8) is 0 Å². The van der Waals surface area contributed by atoms with Crippen molar-refractivity contribution in [1.29, 1.82) is 0 Å². The van der Waals surface area contributed by atoms with Gasteiger partial charge in [-0.05, 0) is 36.2 Å². The van der Waals surface area contributed by atoms with Gasteiger partial charge in [-0.1, -0.05) is 47.7 Å². The van der Waals surface area contributed by atoms with Crippen molar-refractivity contribution in [2.24, 2.45) is 5.92 Å². The number of anilines is 1. The summed E-state index contributed by atoms with van der Waals surface area (Å²) in [5.41, 5.74) is 4.28. The Bertz CT molecular complexity index is 1140. The van der Waals surface area contributed by atoms with E-state index in [2.05, 4.69) is 51.2 Å². The highest BCUT2D eigenvalue weighted by molar-refractivity contribution is 7.22. The highest BCUT2D eigenvalue weighted by Crippen LogP contribution is 2.31. The van der Waals surface area contributed by atoms with Crippen molar-refractivity contribution >= 4 is 32.6 Å². The summed E-state index contributed by atoms with van der Waals surface area (Å²) in [5, 5.41) is 11.4. The zero-order valence-corrected chi connectivity index (χ0v) is 16.7. The van der Waals surface area contributed by atoms with Crippen LogP contribution in [0.4, 0.5) is 5.13 Å². The molecule has 2 aromatic carbocycles. The first-order valence-corrected chi connectivity index (χ1v) is 10.6. The molecular formula is C22H21N5OS. The lowest BCUT2D eigenvalue weighted by atomic mass is 10.1. The fraction of sp³-hybridized carbons (Fsp3) is 0.227. The van der Waals surface area contributed by atoms with Crippen molar-refractivity contribution in [3.8, 4) is 11.1 Å². The molecule has 1 unspecified atom stereocenters. The number of hydrogen-bond acceptors (Lipinski definition) is 5. The molecular weight excluding hydrogens is 382 g/mol. The van der Waals surface area contributed by atoms with E-state index in [4.69, 9.17) is 0 Å². The predicted octanol–water partition coefficient (Wildman–Crippen LogP) is 3.76. The van der Waals surface area contributed by atoms with Gasteiger partial charge in [-0.15, -0.1) is 0 Å². The summed E-state index contributed by atoms with van der Waals surface area (Å²) in [6.07, 6.45) is 4.83. The standard InChI is InChI=1S/C22H21N5OS/c28-21(17-8-9-23-11-17)26-22-25-19-7-6-16(10-20(19)29-22)18-12-24-27(14-18)13-15-4-2-1-3-5-15/h1-7,10,12,14,17,23H,8-9,11,13H2,(H,25,26,28). The lowest BCUT2D eigenvalue weighted by molar-refractivity contribution is -0.119. The summed E-state index contributed by atoms with van der Waals surface area (Å²) in [6, 6.07) is 16.5. The number of carbonyl (C=O) groups excluding carboxylic acids is 1. The first-order valence-electron chi connectivity index (χ1n) is 9.73. The Balaban J connectivity index is 1.34. The molecule has 1 aliphatic rings. The summed E-state index contributed by atoms with van der Waals surface area (Å²) in [6.45, 7) is 2.39. The number of rotatable bonds is 5. The number of nitrogens with zero attached hydrogens (tertiary/aromatic N) is 3. The number of carbonyl (C=O) groups is 1. The quantitative estimate of drug-likeness (QED) is 0.532. The van der Waals surface area contributed by atoms with Crippen molar-refractivity contribution < 1.29 is 4.79 Å². The number of hydrogen-bond donors (Lipinski definition) is 2. The van der Waals surface area contributed by atoms with Gasteiger partial charge in [0.25, 0.3) is 0 Å². The Morgan fingerprint density at radius 1 is 1.21 bits per heavy atom. The molecule has 0 saturated carbocycles. The minimum absolute atomic E-state index is 0.0352. The third kappa shape index (κ3) is 3.92. The third-order valence-corrected chi connectivity index (χ3v) is 6.14. The second kappa shape index (κ2) is 7.77. The van der Waals surface area contributed by atoms with Gasteiger partial charge >= 0.3 is 0 Å². The topological polar surface area (TPSA) is 71.8 Å². The van der Waals surface area contributed by atoms with Gasteiger partial charge in [0.2, 0.25) is 5.91 Å². The summed E-state index contributed by atoms with van der Waals surface area (Å²) >= 11 is 1.51. The maximum atomic E-state index is 12.3. The summed E-state index contributed by atoms with van der Waals surface area (Å²) < 4.78 is 3.00. The van der Waals surface area contributed by atoms with Crippen LogP contribution < -0.4 is 10.6 Å². The summed E-state index contributed by atoms with van der Waals surface area (Å²) in [7, 11) is 0. The van der Waals surface area contributed by atoms with E-state index < -0.39 is 0 Å². The molecule has 1 amide bonds. The number of benzene rings is 2. The third-order valence-electron chi connectivity index (χ3n) is 5.20. The Morgan fingerprint density at radius 2 is 2.10 bits per heavy atom. The molecule has 1 atom stereocenters. The molecule has 5 rings (SSSR count). The zero-order chi connectivity index (χ0) is 19.6. The number of thiazole rings is 1. The van der Waals surface area contributed by atoms with Gasteiger partial charge in [0, 0.05) is 18.3 Å². The fourth-order valence-electron chi connectivity index (χ4n) is 3.61. The van der Waals surface area contributed by atoms with E-state index in [1.807, 2.05) is 35.1 Å². The normalized spacial score (nSPS) is 16.3. The average molecular weight is 404 g/mol. The van der Waals surface area contributed by atoms with E-state index >= 15 is 0 Å². The fourth-order valence-corrected chi connectivity index (χ4v) is 4.52. The van der Waals surface area contributed by atoms with Crippen LogP contribution in [0, 0.1) is 5.92 Å². The molecule has 1 saturated heterocycles. The molecule has 2 aromatic heterocycles. The average Bonchev–Trinajstić information content (AvgIpc) is 3.48. The van der Waals surface area contributed by atoms with Crippen LogP contribution in [0.15, 0.2) is 60.9 Å². The second-order valence-corrected chi connectivity index (χ2v) is 8.32. The Hall–Kier alpha value is -3.03. The van der Waals surface area contributed by atoms with E-state index in [0.717, 1.165) is 47.4 Å². The Morgan fingerprint density at radius 3 is 2.93 bits per heavy atom. The molecule has 0 bridgehead atoms. The number of amides is 1. The van der Waals surface area contributed by atoms with Crippen LogP contribution >= 0.6 is 11.3 Å². The molecule has 146 valence electrons. The SMILES string of the molecule is O=C(Nc1nc2ccc(-c3cnn(Cc4ccccc4)c3)cc2s1)C1CCNC1. The zero-order valence-electron chi connectivity index (χ0n) is 15.8. The van der Waals surface area contributed by atoms with E-state index in [9.17, 15) is 4.79 Å². The van der Waals surface area contributed by atoms with E-state index in [1.165, 1.54) is 16.9 Å². The van der Waals surface area contributed by atoms with Crippen molar-refractivity contribution in [1.82, 2.24) is 20.1 Å². The molecule has 6 nitrogen and oxygen atoms in total. The first-order chi connectivity index (χ1) is 14.2. The Kier molecular flexibility index (Phi) is 4.83. The Labute approximate surface area is 172 Å². The van der Waals surface area contributed by atoms with Crippen LogP contribution in [0.25, 0.3) is 21.3 Å². The lowest BCUT2D eigenvalue weighted by Crippen LogP contribution is -2.24. The number of nitrogens with one attached hydrogen (secondary N) is 2. The molecule has 4 aromatic rings. The molecule has 7 heteroatoms. The highest BCUT2D eigenvalue weighted by Gasteiger charge is 2.23. The molecule has 3 heterocycles. The molecule has 2 N–H and O–H groups in total. The monoisotopic (exact) mass is 403 g/mol. The van der Waals surface area contributed by atoms with Crippen LogP contribution in [0.2, 0.25) is 0 Å². The van der Waals surface area contributed by atoms with Crippen LogP contribution in [0.1, 0.15) is 12.0 Å². The smallest absolute Gasteiger partial charge is 0.230 e. The van der Waals surface area contributed by atoms with Gasteiger partial charge in [-0.25, -0.2) is 4.98 Å². The van der Waals surface area contributed by atoms with Crippen LogP contribution in [0.5, 0.6) is 0 Å². The van der Waals surface area contributed by atoms with Crippen LogP contribution in [-0.2, 0) is 11.3 Å². The molecule has 0 spiro atoms. The maximum Gasteiger partial charge on any atom is 0.230 e. The summed E-state index contributed by atoms with van der Waals surface area (Å²) in [5.74, 6) is 0.0875. The van der Waals surface area contributed by atoms with Gasteiger partial charge < -0.3 is 10.6 Å². The van der Waals surface area contributed by atoms with Crippen molar-refractivity contribution in [2.75, 3.05) is 18.4 Å². The maximum absolute atomic E-state index is 12.3. The summed E-state index contributed by atoms with van der Waals surface area (Å²) in [4.78, 5) is 16.9. The number of fused-ring (bicyclic) bond motifs is 1. The highest BCUT2D eigenvalue weighted by atomic mass is 32.1. The first kappa shape index (κ1) is 18.0. The van der Waals surface area contributed by atoms with Crippen LogP contribution in [-0.4, -0.2) is 33.8 Å².